The Labute approximate surface area is 507 Å². The number of halogens is 1. The molecule has 8 heterocycles. The second-order valence-corrected chi connectivity index (χ2v) is 23.5. The Bertz CT molecular complexity index is 3980. The molecule has 0 bridgehead atoms. The topological polar surface area (TPSA) is 279 Å². The number of nitrogens with zero attached hydrogens (tertiary/aromatic N) is 6. The van der Waals surface area contributed by atoms with E-state index < -0.39 is 12.2 Å². The standard InChI is InChI=1S/C34H40N6O5.C30H33ClN6O5/c1-20-4-5-30(21(2)14-20)45-19-25(42)17-36-27-6-10-35-33(43)31(27)32-37-28-15-23-18-40(34(44)26(23)16-29(28)38-32)24-8-12-39(13-9-24)11-7-22(3)41;1-36-9-6-18(7-10-36)37-15-17-11-24-25(13-21(17)30(37)40)35-28(34-24)27-23(5-8-32-29(27)39)33-14-19(38)16-42-26-4-3-20(41-2)12-22(26)31/h4-6,10,14-16,24-25,42H,7-9,11-13,17-19H2,1-3H3,(H,37,38)(H2,35,36,43);3-5,8,11-13,18-19,38H,6-7,9-10,14-16H2,1-2H3,(H,34,35)(H2,32,33,39)/t25-;19-/m11/s1. The number of benzene rings is 4. The second-order valence-electron chi connectivity index (χ2n) is 23.1. The van der Waals surface area contributed by atoms with Crippen molar-refractivity contribution in [3.05, 3.63) is 144 Å². The molecule has 0 aliphatic carbocycles. The molecule has 456 valence electrons. The molecular weight excluding hydrogens is 1130 g/mol. The second kappa shape index (κ2) is 26.2. The van der Waals surface area contributed by atoms with Crippen LogP contribution in [0.4, 0.5) is 11.4 Å². The van der Waals surface area contributed by atoms with Crippen molar-refractivity contribution in [3.8, 4) is 40.0 Å². The number of piperidine rings is 2. The summed E-state index contributed by atoms with van der Waals surface area (Å²) in [7, 11) is 3.66. The van der Waals surface area contributed by atoms with Crippen molar-refractivity contribution in [2.24, 2.45) is 0 Å². The highest BCUT2D eigenvalue weighted by atomic mass is 35.5. The van der Waals surface area contributed by atoms with Crippen LogP contribution in [0.3, 0.4) is 0 Å². The number of fused-ring (bicyclic) bond motifs is 4. The highest BCUT2D eigenvalue weighted by Gasteiger charge is 2.37. The van der Waals surface area contributed by atoms with Crippen molar-refractivity contribution < 1.29 is 38.8 Å². The molecule has 0 spiro atoms. The molecule has 4 aliphatic heterocycles. The van der Waals surface area contributed by atoms with Gasteiger partial charge in [-0.15, -0.1) is 0 Å². The Morgan fingerprint density at radius 2 is 1.20 bits per heavy atom. The minimum absolute atomic E-state index is 0.00980. The Balaban J connectivity index is 0.000000181. The van der Waals surface area contributed by atoms with E-state index in [0.29, 0.717) is 92.3 Å². The van der Waals surface area contributed by atoms with Crippen molar-refractivity contribution >= 4 is 62.6 Å². The molecule has 4 aromatic carbocycles. The van der Waals surface area contributed by atoms with Crippen molar-refractivity contribution in [1.82, 2.24) is 49.5 Å². The lowest BCUT2D eigenvalue weighted by Crippen LogP contribution is -2.45. The maximum Gasteiger partial charge on any atom is 0.261 e. The van der Waals surface area contributed by atoms with Crippen molar-refractivity contribution in [2.45, 2.75) is 90.3 Å². The number of carbonyl (C=O) groups is 3. The van der Waals surface area contributed by atoms with Gasteiger partial charge in [0.15, 0.2) is 0 Å². The van der Waals surface area contributed by atoms with Crippen LogP contribution in [-0.4, -0.2) is 175 Å². The number of Topliss-reactive ketones (excluding diaryl/α,β-unsaturated/α-hetero) is 1. The molecule has 0 unspecified atom stereocenters. The van der Waals surface area contributed by atoms with Gasteiger partial charge in [0, 0.05) is 93.9 Å². The molecule has 4 aliphatic rings. The van der Waals surface area contributed by atoms with Gasteiger partial charge in [0.25, 0.3) is 22.9 Å². The number of pyridine rings is 2. The van der Waals surface area contributed by atoms with Gasteiger partial charge in [-0.2, -0.15) is 0 Å². The summed E-state index contributed by atoms with van der Waals surface area (Å²) in [6, 6.07) is 22.3. The largest absolute Gasteiger partial charge is 0.497 e. The maximum atomic E-state index is 13.5. The molecule has 8 N–H and O–H groups in total. The van der Waals surface area contributed by atoms with E-state index in [-0.39, 0.29) is 67.1 Å². The Morgan fingerprint density at radius 1 is 0.690 bits per heavy atom. The molecule has 8 aromatic rings. The number of aryl methyl sites for hydroxylation is 2. The van der Waals surface area contributed by atoms with Crippen LogP contribution in [0.25, 0.3) is 44.8 Å². The third-order valence-electron chi connectivity index (χ3n) is 16.8. The van der Waals surface area contributed by atoms with Crippen molar-refractivity contribution in [3.63, 3.8) is 0 Å². The van der Waals surface area contributed by atoms with Gasteiger partial charge in [-0.3, -0.25) is 24.0 Å². The number of methoxy groups -OCH3 is 1. The number of ketones is 1. The molecule has 87 heavy (non-hydrogen) atoms. The summed E-state index contributed by atoms with van der Waals surface area (Å²) in [4.78, 5) is 94.0. The van der Waals surface area contributed by atoms with Gasteiger partial charge in [0.1, 0.15) is 71.2 Å². The molecule has 0 saturated carbocycles. The number of aliphatic hydroxyl groups excluding tert-OH is 2. The van der Waals surface area contributed by atoms with Gasteiger partial charge in [0.2, 0.25) is 0 Å². The van der Waals surface area contributed by atoms with Gasteiger partial charge >= 0.3 is 0 Å². The highest BCUT2D eigenvalue weighted by Crippen LogP contribution is 2.36. The fourth-order valence-electron chi connectivity index (χ4n) is 11.9. The van der Waals surface area contributed by atoms with Crippen LogP contribution in [0.1, 0.15) is 82.0 Å². The van der Waals surface area contributed by atoms with E-state index in [1.165, 1.54) is 6.20 Å². The van der Waals surface area contributed by atoms with E-state index in [1.54, 1.807) is 50.6 Å². The summed E-state index contributed by atoms with van der Waals surface area (Å²) in [6.45, 7) is 11.6. The number of rotatable bonds is 20. The number of aromatic nitrogens is 6. The van der Waals surface area contributed by atoms with E-state index in [0.717, 1.165) is 97.4 Å². The average molecular weight is 1210 g/mol. The molecule has 2 amide bonds. The number of hydrogen-bond donors (Lipinski definition) is 8. The Hall–Kier alpha value is -8.54. The fourth-order valence-corrected chi connectivity index (χ4v) is 12.2. The van der Waals surface area contributed by atoms with E-state index in [1.807, 2.05) is 66.1 Å². The fraction of sp³-hybridized carbons (Fsp3) is 0.391. The summed E-state index contributed by atoms with van der Waals surface area (Å²) in [5.41, 5.74) is 9.04. The van der Waals surface area contributed by atoms with E-state index in [9.17, 15) is 34.2 Å². The van der Waals surface area contributed by atoms with Gasteiger partial charge in [-0.25, -0.2) is 9.97 Å². The lowest BCUT2D eigenvalue weighted by molar-refractivity contribution is -0.117. The first-order valence-corrected chi connectivity index (χ1v) is 29.9. The van der Waals surface area contributed by atoms with E-state index in [4.69, 9.17) is 30.8 Å². The normalized spacial score (nSPS) is 16.4. The number of aliphatic hydroxyl groups is 2. The Morgan fingerprint density at radius 3 is 1.69 bits per heavy atom. The molecule has 2 saturated heterocycles. The number of anilines is 2. The number of amides is 2. The first-order chi connectivity index (χ1) is 42.0. The SMILES string of the molecule is CC(=O)CCN1CCC(N2Cc3cc4[nH]c(-c5c(NC[C@@H](O)COc6ccc(C)cc6C)cc[nH]c5=O)nc4cc3C2=O)CC1.COc1ccc(OC[C@H](O)CNc2cc[nH]c(=O)c2-c2nc3cc4c(cc3[nH]2)CN(C2CCN(C)CC2)C4=O)c(Cl)c1. The summed E-state index contributed by atoms with van der Waals surface area (Å²) in [5.74, 6) is 2.75. The Kier molecular flexibility index (Phi) is 18.1. The average Bonchev–Trinajstić information content (AvgIpc) is 1.79. The van der Waals surface area contributed by atoms with Crippen molar-refractivity contribution in [1.29, 1.82) is 0 Å². The summed E-state index contributed by atoms with van der Waals surface area (Å²) >= 11 is 6.22. The minimum Gasteiger partial charge on any atom is -0.497 e. The predicted octanol–water partition coefficient (Wildman–Crippen LogP) is 7.27. The smallest absolute Gasteiger partial charge is 0.261 e. The molecule has 12 rings (SSSR count). The van der Waals surface area contributed by atoms with Crippen LogP contribution in [0.5, 0.6) is 17.2 Å². The summed E-state index contributed by atoms with van der Waals surface area (Å²) < 4.78 is 16.6. The van der Waals surface area contributed by atoms with Gasteiger partial charge in [-0.05, 0) is 138 Å². The zero-order valence-corrected chi connectivity index (χ0v) is 50.2. The number of carbonyl (C=O) groups excluding carboxylic acids is 3. The van der Waals surface area contributed by atoms with Crippen LogP contribution in [0.2, 0.25) is 5.02 Å². The van der Waals surface area contributed by atoms with E-state index in [2.05, 4.69) is 52.4 Å². The number of imidazole rings is 2. The lowest BCUT2D eigenvalue weighted by atomic mass is 10.0. The van der Waals surface area contributed by atoms with Crippen LogP contribution in [-0.2, 0) is 17.9 Å². The first-order valence-electron chi connectivity index (χ1n) is 29.5. The summed E-state index contributed by atoms with van der Waals surface area (Å²) in [6.07, 6.45) is 5.64. The molecule has 2 fully saturated rings. The number of likely N-dealkylation sites (tertiary alicyclic amines) is 2. The van der Waals surface area contributed by atoms with Gasteiger partial charge in [-0.1, -0.05) is 29.3 Å². The molecule has 23 heteroatoms. The van der Waals surface area contributed by atoms with Gasteiger partial charge in [0.05, 0.1) is 45.6 Å². The number of H-pyrrole nitrogens is 4. The molecule has 0 radical (unpaired) electrons. The molecule has 2 atom stereocenters. The van der Waals surface area contributed by atoms with Crippen LogP contribution in [0.15, 0.2) is 94.8 Å². The van der Waals surface area contributed by atoms with Crippen LogP contribution in [0, 0.1) is 13.8 Å². The summed E-state index contributed by atoms with van der Waals surface area (Å²) in [5, 5.41) is 27.8. The van der Waals surface area contributed by atoms with Crippen molar-refractivity contribution in [2.75, 3.05) is 83.8 Å². The van der Waals surface area contributed by atoms with E-state index >= 15 is 0 Å². The zero-order valence-electron chi connectivity index (χ0n) is 49.4. The van der Waals surface area contributed by atoms with Crippen LogP contribution >= 0.6 is 11.6 Å². The first kappa shape index (κ1) is 60.2. The predicted molar refractivity (Wildman–Crippen MR) is 333 cm³/mol. The molecule has 4 aromatic heterocycles. The zero-order chi connectivity index (χ0) is 61.0. The van der Waals surface area contributed by atoms with Gasteiger partial charge < -0.3 is 74.6 Å². The molecule has 22 nitrogen and oxygen atoms in total. The lowest BCUT2D eigenvalue weighted by Gasteiger charge is -2.36. The molecular formula is C64H73ClN12O10. The number of hydrogen-bond acceptors (Lipinski definition) is 16. The third kappa shape index (κ3) is 13.5. The van der Waals surface area contributed by atoms with Crippen LogP contribution < -0.4 is 36.0 Å². The maximum absolute atomic E-state index is 13.5. The highest BCUT2D eigenvalue weighted by molar-refractivity contribution is 6.32. The third-order valence-corrected chi connectivity index (χ3v) is 17.1. The number of aromatic amines is 4. The quantitative estimate of drug-likeness (QED) is 0.0373. The number of ether oxygens (including phenoxy) is 3. The minimum atomic E-state index is -0.896. The number of nitrogens with one attached hydrogen (secondary N) is 6. The monoisotopic (exact) mass is 1200 g/mol.